The van der Waals surface area contributed by atoms with Crippen LogP contribution in [0.3, 0.4) is 0 Å². The molecule has 0 aliphatic carbocycles. The Labute approximate surface area is 122 Å². The van der Waals surface area contributed by atoms with Crippen molar-refractivity contribution in [2.45, 2.75) is 26.7 Å². The van der Waals surface area contributed by atoms with Crippen LogP contribution in [-0.2, 0) is 20.7 Å². The van der Waals surface area contributed by atoms with E-state index in [0.717, 1.165) is 0 Å². The summed E-state index contributed by atoms with van der Waals surface area (Å²) in [5.41, 5.74) is -0.0286. The number of carbonyl (C=O) groups is 2. The lowest BCUT2D eigenvalue weighted by molar-refractivity contribution is -0.385. The average Bonchev–Trinajstić information content (AvgIpc) is 2.45. The SMILES string of the molecule is CCOC(=O)CCc1cccc([N+](=O)[O-])c1C(=O)OCC. The lowest BCUT2D eigenvalue weighted by atomic mass is 10.0. The maximum atomic E-state index is 11.9. The van der Waals surface area contributed by atoms with Crippen LogP contribution in [-0.4, -0.2) is 30.1 Å². The maximum Gasteiger partial charge on any atom is 0.345 e. The fraction of sp³-hybridized carbons (Fsp3) is 0.429. The number of ether oxygens (including phenoxy) is 2. The predicted molar refractivity (Wildman–Crippen MR) is 74.0 cm³/mol. The number of hydrogen-bond donors (Lipinski definition) is 0. The summed E-state index contributed by atoms with van der Waals surface area (Å²) in [4.78, 5) is 33.7. The Kier molecular flexibility index (Phi) is 6.32. The zero-order chi connectivity index (χ0) is 15.8. The zero-order valence-electron chi connectivity index (χ0n) is 12.0. The molecule has 0 saturated carbocycles. The number of nitrogens with zero attached hydrogens (tertiary/aromatic N) is 1. The molecule has 7 nitrogen and oxygen atoms in total. The van der Waals surface area contributed by atoms with Gasteiger partial charge in [-0.2, -0.15) is 0 Å². The summed E-state index contributed by atoms with van der Waals surface area (Å²) in [5.74, 6) is -1.18. The first-order valence-electron chi connectivity index (χ1n) is 6.60. The second kappa shape index (κ2) is 7.98. The number of esters is 2. The van der Waals surface area contributed by atoms with Crippen LogP contribution >= 0.6 is 0 Å². The molecule has 0 atom stereocenters. The molecule has 114 valence electrons. The van der Waals surface area contributed by atoms with Crippen LogP contribution in [0.5, 0.6) is 0 Å². The molecule has 0 amide bonds. The summed E-state index contributed by atoms with van der Waals surface area (Å²) in [6, 6.07) is 4.28. The number of benzene rings is 1. The molecule has 0 bridgehead atoms. The molecule has 0 N–H and O–H groups in total. The molecule has 0 saturated heterocycles. The Morgan fingerprint density at radius 3 is 2.43 bits per heavy atom. The topological polar surface area (TPSA) is 95.7 Å². The Balaban J connectivity index is 3.07. The van der Waals surface area contributed by atoms with Crippen LogP contribution in [0.15, 0.2) is 18.2 Å². The van der Waals surface area contributed by atoms with Gasteiger partial charge in [-0.15, -0.1) is 0 Å². The first-order valence-corrected chi connectivity index (χ1v) is 6.60. The Hall–Kier alpha value is -2.44. The van der Waals surface area contributed by atoms with Gasteiger partial charge in [-0.3, -0.25) is 14.9 Å². The predicted octanol–water partition coefficient (Wildman–Crippen LogP) is 2.27. The van der Waals surface area contributed by atoms with Crippen molar-refractivity contribution in [3.05, 3.63) is 39.4 Å². The van der Waals surface area contributed by atoms with Gasteiger partial charge in [-0.25, -0.2) is 4.79 Å². The van der Waals surface area contributed by atoms with Gasteiger partial charge < -0.3 is 9.47 Å². The lowest BCUT2D eigenvalue weighted by Gasteiger charge is -2.09. The summed E-state index contributed by atoms with van der Waals surface area (Å²) in [5, 5.41) is 11.0. The van der Waals surface area contributed by atoms with Gasteiger partial charge in [0.05, 0.1) is 18.1 Å². The first-order chi connectivity index (χ1) is 10.0. The molecule has 21 heavy (non-hydrogen) atoms. The van der Waals surface area contributed by atoms with Gasteiger partial charge in [-0.1, -0.05) is 12.1 Å². The number of hydrogen-bond acceptors (Lipinski definition) is 6. The van der Waals surface area contributed by atoms with Crippen molar-refractivity contribution in [1.82, 2.24) is 0 Å². The molecule has 0 aromatic heterocycles. The van der Waals surface area contributed by atoms with Crippen molar-refractivity contribution in [3.8, 4) is 0 Å². The Morgan fingerprint density at radius 1 is 1.19 bits per heavy atom. The first kappa shape index (κ1) is 16.6. The molecule has 0 heterocycles. The van der Waals surface area contributed by atoms with E-state index in [-0.39, 0.29) is 37.3 Å². The van der Waals surface area contributed by atoms with Crippen molar-refractivity contribution in [2.75, 3.05) is 13.2 Å². The summed E-state index contributed by atoms with van der Waals surface area (Å²) in [6.45, 7) is 3.68. The minimum Gasteiger partial charge on any atom is -0.466 e. The normalized spacial score (nSPS) is 10.0. The van der Waals surface area contributed by atoms with E-state index in [4.69, 9.17) is 9.47 Å². The summed E-state index contributed by atoms with van der Waals surface area (Å²) in [6.07, 6.45) is 0.218. The molecule has 1 rings (SSSR count). The second-order valence-corrected chi connectivity index (χ2v) is 4.09. The number of aryl methyl sites for hydroxylation is 1. The lowest BCUT2D eigenvalue weighted by Crippen LogP contribution is -2.13. The van der Waals surface area contributed by atoms with Crippen molar-refractivity contribution < 1.29 is 24.0 Å². The van der Waals surface area contributed by atoms with Crippen molar-refractivity contribution in [3.63, 3.8) is 0 Å². The third-order valence-electron chi connectivity index (χ3n) is 2.71. The largest absolute Gasteiger partial charge is 0.466 e. The van der Waals surface area contributed by atoms with Crippen molar-refractivity contribution >= 4 is 17.6 Å². The van der Waals surface area contributed by atoms with Gasteiger partial charge in [0, 0.05) is 12.5 Å². The van der Waals surface area contributed by atoms with E-state index in [9.17, 15) is 19.7 Å². The van der Waals surface area contributed by atoms with Crippen LogP contribution in [0.1, 0.15) is 36.2 Å². The van der Waals surface area contributed by atoms with Crippen LogP contribution in [0.2, 0.25) is 0 Å². The van der Waals surface area contributed by atoms with Crippen LogP contribution < -0.4 is 0 Å². The summed E-state index contributed by atoms with van der Waals surface area (Å²) in [7, 11) is 0. The summed E-state index contributed by atoms with van der Waals surface area (Å²) >= 11 is 0. The number of rotatable bonds is 7. The van der Waals surface area contributed by atoms with Crippen LogP contribution in [0, 0.1) is 10.1 Å². The third-order valence-corrected chi connectivity index (χ3v) is 2.71. The molecular weight excluding hydrogens is 278 g/mol. The molecule has 0 aliphatic heterocycles. The molecule has 0 aliphatic rings. The van der Waals surface area contributed by atoms with Gasteiger partial charge in [0.2, 0.25) is 0 Å². The number of nitro groups is 1. The highest BCUT2D eigenvalue weighted by molar-refractivity contribution is 5.95. The Bertz CT molecular complexity index is 540. The minimum absolute atomic E-state index is 0.0431. The maximum absolute atomic E-state index is 11.9. The summed E-state index contributed by atoms with van der Waals surface area (Å²) < 4.78 is 9.65. The quantitative estimate of drug-likeness (QED) is 0.435. The highest BCUT2D eigenvalue weighted by atomic mass is 16.6. The highest BCUT2D eigenvalue weighted by Crippen LogP contribution is 2.24. The van der Waals surface area contributed by atoms with Crippen molar-refractivity contribution in [1.29, 1.82) is 0 Å². The molecule has 0 fully saturated rings. The molecule has 7 heteroatoms. The van der Waals surface area contributed by atoms with Crippen LogP contribution in [0.25, 0.3) is 0 Å². The van der Waals surface area contributed by atoms with Gasteiger partial charge in [0.15, 0.2) is 0 Å². The van der Waals surface area contributed by atoms with Gasteiger partial charge in [0.1, 0.15) is 5.56 Å². The monoisotopic (exact) mass is 295 g/mol. The van der Waals surface area contributed by atoms with E-state index in [1.165, 1.54) is 12.1 Å². The standard InChI is InChI=1S/C14H17NO6/c1-3-20-12(16)9-8-10-6-5-7-11(15(18)19)13(10)14(17)21-4-2/h5-7H,3-4,8-9H2,1-2H3. The average molecular weight is 295 g/mol. The highest BCUT2D eigenvalue weighted by Gasteiger charge is 2.25. The molecular formula is C14H17NO6. The van der Waals surface area contributed by atoms with Gasteiger partial charge in [0.25, 0.3) is 5.69 Å². The van der Waals surface area contributed by atoms with E-state index < -0.39 is 16.9 Å². The molecule has 1 aromatic carbocycles. The van der Waals surface area contributed by atoms with Gasteiger partial charge >= 0.3 is 11.9 Å². The number of carbonyl (C=O) groups excluding carboxylic acids is 2. The second-order valence-electron chi connectivity index (χ2n) is 4.09. The Morgan fingerprint density at radius 2 is 1.86 bits per heavy atom. The minimum atomic E-state index is -0.761. The van der Waals surface area contributed by atoms with E-state index in [1.54, 1.807) is 19.9 Å². The van der Waals surface area contributed by atoms with Gasteiger partial charge in [-0.05, 0) is 25.8 Å². The van der Waals surface area contributed by atoms with E-state index in [0.29, 0.717) is 5.56 Å². The molecule has 0 unspecified atom stereocenters. The zero-order valence-corrected chi connectivity index (χ0v) is 12.0. The molecule has 0 radical (unpaired) electrons. The number of nitro benzene ring substituents is 1. The van der Waals surface area contributed by atoms with E-state index >= 15 is 0 Å². The smallest absolute Gasteiger partial charge is 0.345 e. The van der Waals surface area contributed by atoms with E-state index in [2.05, 4.69) is 0 Å². The fourth-order valence-corrected chi connectivity index (χ4v) is 1.86. The third kappa shape index (κ3) is 4.55. The fourth-order valence-electron chi connectivity index (χ4n) is 1.86. The molecule has 1 aromatic rings. The van der Waals surface area contributed by atoms with Crippen LogP contribution in [0.4, 0.5) is 5.69 Å². The van der Waals surface area contributed by atoms with E-state index in [1.807, 2.05) is 0 Å². The van der Waals surface area contributed by atoms with Crippen molar-refractivity contribution in [2.24, 2.45) is 0 Å². The molecule has 0 spiro atoms.